The topological polar surface area (TPSA) is 92.2 Å². The lowest BCUT2D eigenvalue weighted by atomic mass is 10.2. The van der Waals surface area contributed by atoms with E-state index in [9.17, 15) is 9.59 Å². The van der Waals surface area contributed by atoms with Crippen LogP contribution < -0.4 is 5.32 Å². The van der Waals surface area contributed by atoms with E-state index in [0.717, 1.165) is 16.9 Å². The molecule has 19 heavy (non-hydrogen) atoms. The number of thiazole rings is 1. The second-order valence-electron chi connectivity index (χ2n) is 3.78. The predicted molar refractivity (Wildman–Crippen MR) is 69.2 cm³/mol. The predicted octanol–water partition coefficient (Wildman–Crippen LogP) is 1.47. The van der Waals surface area contributed by atoms with Crippen LogP contribution in [0, 0.1) is 6.92 Å². The molecular weight excluding hydrogens is 266 g/mol. The molecule has 2 rings (SSSR count). The van der Waals surface area contributed by atoms with Gasteiger partial charge < -0.3 is 10.4 Å². The van der Waals surface area contributed by atoms with Gasteiger partial charge in [-0.2, -0.15) is 0 Å². The molecule has 0 saturated heterocycles. The summed E-state index contributed by atoms with van der Waals surface area (Å²) in [5.41, 5.74) is 1.02. The highest BCUT2D eigenvalue weighted by Gasteiger charge is 2.09. The first-order valence-corrected chi connectivity index (χ1v) is 6.33. The van der Waals surface area contributed by atoms with Crippen LogP contribution in [0.15, 0.2) is 23.7 Å². The molecule has 0 aliphatic rings. The van der Waals surface area contributed by atoms with Crippen LogP contribution in [-0.4, -0.2) is 27.0 Å². The summed E-state index contributed by atoms with van der Waals surface area (Å²) in [6.45, 7) is 2.22. The minimum atomic E-state index is -1.07. The average molecular weight is 277 g/mol. The molecule has 2 aromatic rings. The Bertz CT molecular complexity index is 607. The molecule has 0 bridgehead atoms. The maximum Gasteiger partial charge on any atom is 0.337 e. The number of pyridine rings is 1. The number of nitrogens with one attached hydrogen (secondary N) is 1. The summed E-state index contributed by atoms with van der Waals surface area (Å²) in [7, 11) is 0. The largest absolute Gasteiger partial charge is 0.478 e. The number of carbonyl (C=O) groups excluding carboxylic acids is 1. The molecule has 0 aliphatic carbocycles. The molecule has 6 nitrogen and oxygen atoms in total. The third-order valence-corrected chi connectivity index (χ3v) is 3.16. The molecule has 0 radical (unpaired) electrons. The van der Waals surface area contributed by atoms with Gasteiger partial charge in [0.2, 0.25) is 0 Å². The number of amides is 1. The lowest BCUT2D eigenvalue weighted by Crippen LogP contribution is -2.24. The van der Waals surface area contributed by atoms with E-state index >= 15 is 0 Å². The summed E-state index contributed by atoms with van der Waals surface area (Å²) in [5, 5.41) is 14.2. The summed E-state index contributed by atoms with van der Waals surface area (Å²) >= 11 is 1.51. The number of carboxylic acid groups (broad SMARTS) is 1. The number of aryl methyl sites for hydroxylation is 1. The van der Waals surface area contributed by atoms with Crippen molar-refractivity contribution in [2.45, 2.75) is 13.5 Å². The summed E-state index contributed by atoms with van der Waals surface area (Å²) < 4.78 is 0. The normalized spacial score (nSPS) is 10.2. The molecular formula is C12H11N3O3S. The summed E-state index contributed by atoms with van der Waals surface area (Å²) in [6, 6.07) is 2.72. The highest BCUT2D eigenvalue weighted by atomic mass is 32.1. The van der Waals surface area contributed by atoms with Crippen molar-refractivity contribution in [2.75, 3.05) is 0 Å². The van der Waals surface area contributed by atoms with Crippen LogP contribution in [0.5, 0.6) is 0 Å². The average Bonchev–Trinajstić information content (AvgIpc) is 2.82. The van der Waals surface area contributed by atoms with Crippen molar-refractivity contribution >= 4 is 23.2 Å². The van der Waals surface area contributed by atoms with E-state index < -0.39 is 5.97 Å². The van der Waals surface area contributed by atoms with Crippen molar-refractivity contribution in [3.8, 4) is 0 Å². The van der Waals surface area contributed by atoms with E-state index in [2.05, 4.69) is 15.3 Å². The number of carbonyl (C=O) groups is 2. The molecule has 0 saturated carbocycles. The smallest absolute Gasteiger partial charge is 0.337 e. The molecule has 2 aromatic heterocycles. The minimum Gasteiger partial charge on any atom is -0.478 e. The Morgan fingerprint density at radius 1 is 1.42 bits per heavy atom. The van der Waals surface area contributed by atoms with Gasteiger partial charge in [0.05, 0.1) is 22.8 Å². The standard InChI is InChI=1S/C12H11N3O3S/c1-7-15-9(6-19-7)5-14-11(16)10-3-2-8(4-13-10)12(17)18/h2-4,6H,5H2,1H3,(H,14,16)(H,17,18). The van der Waals surface area contributed by atoms with Crippen LogP contribution in [-0.2, 0) is 6.54 Å². The lowest BCUT2D eigenvalue weighted by molar-refractivity contribution is 0.0695. The van der Waals surface area contributed by atoms with Crippen molar-refractivity contribution in [2.24, 2.45) is 0 Å². The number of hydrogen-bond donors (Lipinski definition) is 2. The molecule has 7 heteroatoms. The van der Waals surface area contributed by atoms with E-state index in [4.69, 9.17) is 5.11 Å². The third kappa shape index (κ3) is 3.35. The second-order valence-corrected chi connectivity index (χ2v) is 4.84. The van der Waals surface area contributed by atoms with Crippen LogP contribution in [0.1, 0.15) is 31.5 Å². The van der Waals surface area contributed by atoms with Crippen molar-refractivity contribution in [3.05, 3.63) is 45.7 Å². The van der Waals surface area contributed by atoms with Crippen LogP contribution >= 0.6 is 11.3 Å². The Morgan fingerprint density at radius 2 is 2.21 bits per heavy atom. The lowest BCUT2D eigenvalue weighted by Gasteiger charge is -2.02. The van der Waals surface area contributed by atoms with E-state index in [-0.39, 0.29) is 17.2 Å². The number of nitrogens with zero attached hydrogens (tertiary/aromatic N) is 2. The van der Waals surface area contributed by atoms with E-state index in [1.807, 2.05) is 12.3 Å². The van der Waals surface area contributed by atoms with Gasteiger partial charge in [0.1, 0.15) is 5.69 Å². The SMILES string of the molecule is Cc1nc(CNC(=O)c2ccc(C(=O)O)cn2)cs1. The van der Waals surface area contributed by atoms with Gasteiger partial charge in [-0.3, -0.25) is 9.78 Å². The molecule has 0 aliphatic heterocycles. The molecule has 0 unspecified atom stereocenters. The zero-order chi connectivity index (χ0) is 13.8. The fourth-order valence-corrected chi connectivity index (χ4v) is 2.02. The zero-order valence-electron chi connectivity index (χ0n) is 10.1. The molecule has 2 heterocycles. The van der Waals surface area contributed by atoms with Gasteiger partial charge >= 0.3 is 5.97 Å². The zero-order valence-corrected chi connectivity index (χ0v) is 10.9. The molecule has 0 atom stereocenters. The monoisotopic (exact) mass is 277 g/mol. The Morgan fingerprint density at radius 3 is 2.74 bits per heavy atom. The van der Waals surface area contributed by atoms with Crippen molar-refractivity contribution in [1.29, 1.82) is 0 Å². The first kappa shape index (κ1) is 13.2. The number of rotatable bonds is 4. The van der Waals surface area contributed by atoms with Gasteiger partial charge in [-0.25, -0.2) is 9.78 Å². The summed E-state index contributed by atoms with van der Waals surface area (Å²) in [5.74, 6) is -1.43. The number of aromatic carboxylic acids is 1. The quantitative estimate of drug-likeness (QED) is 0.883. The van der Waals surface area contributed by atoms with E-state index in [1.54, 1.807) is 0 Å². The summed E-state index contributed by atoms with van der Waals surface area (Å²) in [4.78, 5) is 30.4. The van der Waals surface area contributed by atoms with Crippen molar-refractivity contribution in [1.82, 2.24) is 15.3 Å². The number of hydrogen-bond acceptors (Lipinski definition) is 5. The Kier molecular flexibility index (Phi) is 3.86. The molecule has 2 N–H and O–H groups in total. The fourth-order valence-electron chi connectivity index (χ4n) is 1.41. The second kappa shape index (κ2) is 5.57. The molecule has 98 valence electrons. The van der Waals surface area contributed by atoms with E-state index in [1.165, 1.54) is 23.5 Å². The Hall–Kier alpha value is -2.28. The highest BCUT2D eigenvalue weighted by molar-refractivity contribution is 7.09. The van der Waals surface area contributed by atoms with Crippen molar-refractivity contribution in [3.63, 3.8) is 0 Å². The van der Waals surface area contributed by atoms with Gasteiger partial charge in [-0.05, 0) is 19.1 Å². The molecule has 0 spiro atoms. The molecule has 0 fully saturated rings. The number of aromatic nitrogens is 2. The van der Waals surface area contributed by atoms with Crippen LogP contribution in [0.2, 0.25) is 0 Å². The Balaban J connectivity index is 1.98. The number of carboxylic acids is 1. The van der Waals surface area contributed by atoms with Gasteiger partial charge in [-0.15, -0.1) is 11.3 Å². The first-order chi connectivity index (χ1) is 9.06. The van der Waals surface area contributed by atoms with Crippen LogP contribution in [0.4, 0.5) is 0 Å². The van der Waals surface area contributed by atoms with Gasteiger partial charge in [0.15, 0.2) is 0 Å². The maximum absolute atomic E-state index is 11.8. The summed E-state index contributed by atoms with van der Waals surface area (Å²) in [6.07, 6.45) is 1.16. The third-order valence-electron chi connectivity index (χ3n) is 2.34. The maximum atomic E-state index is 11.8. The minimum absolute atomic E-state index is 0.0478. The molecule has 0 aromatic carbocycles. The van der Waals surface area contributed by atoms with Gasteiger partial charge in [-0.1, -0.05) is 0 Å². The first-order valence-electron chi connectivity index (χ1n) is 5.45. The van der Waals surface area contributed by atoms with E-state index in [0.29, 0.717) is 6.54 Å². The Labute approximate surface area is 113 Å². The van der Waals surface area contributed by atoms with Crippen LogP contribution in [0.25, 0.3) is 0 Å². The van der Waals surface area contributed by atoms with Crippen molar-refractivity contribution < 1.29 is 14.7 Å². The molecule has 1 amide bonds. The fraction of sp³-hybridized carbons (Fsp3) is 0.167. The van der Waals surface area contributed by atoms with Crippen LogP contribution in [0.3, 0.4) is 0 Å². The van der Waals surface area contributed by atoms with Gasteiger partial charge in [0.25, 0.3) is 5.91 Å². The highest BCUT2D eigenvalue weighted by Crippen LogP contribution is 2.07. The van der Waals surface area contributed by atoms with Gasteiger partial charge in [0, 0.05) is 11.6 Å².